The van der Waals surface area contributed by atoms with E-state index in [-0.39, 0.29) is 23.2 Å². The van der Waals surface area contributed by atoms with Crippen LogP contribution in [0, 0.1) is 12.8 Å². The van der Waals surface area contributed by atoms with Crippen LogP contribution in [0.15, 0.2) is 40.6 Å². The van der Waals surface area contributed by atoms with E-state index < -0.39 is 27.7 Å². The van der Waals surface area contributed by atoms with Crippen molar-refractivity contribution in [3.8, 4) is 0 Å². The first-order valence-electron chi connectivity index (χ1n) is 9.08. The molecule has 1 saturated heterocycles. The highest BCUT2D eigenvalue weighted by Crippen LogP contribution is 2.30. The van der Waals surface area contributed by atoms with Gasteiger partial charge < -0.3 is 5.32 Å². The number of rotatable bonds is 5. The first-order chi connectivity index (χ1) is 13.6. The number of nitrogens with zero attached hydrogens (tertiary/aromatic N) is 1. The fourth-order valence-corrected chi connectivity index (χ4v) is 6.21. The van der Waals surface area contributed by atoms with E-state index >= 15 is 0 Å². The van der Waals surface area contributed by atoms with Gasteiger partial charge in [0.25, 0.3) is 10.0 Å². The predicted octanol–water partition coefficient (Wildman–Crippen LogP) is 3.79. The number of hydrogen-bond donors (Lipinski definition) is 1. The molecule has 3 rings (SSSR count). The molecule has 1 fully saturated rings. The second kappa shape index (κ2) is 8.45. The molecule has 2 heterocycles. The highest BCUT2D eigenvalue weighted by Gasteiger charge is 2.34. The topological polar surface area (TPSA) is 66.5 Å². The van der Waals surface area contributed by atoms with Crippen molar-refractivity contribution < 1.29 is 26.4 Å². The van der Waals surface area contributed by atoms with E-state index in [1.165, 1.54) is 27.8 Å². The summed E-state index contributed by atoms with van der Waals surface area (Å²) in [6, 6.07) is 8.07. The Kier molecular flexibility index (Phi) is 6.35. The molecule has 0 spiro atoms. The Labute approximate surface area is 171 Å². The zero-order valence-electron chi connectivity index (χ0n) is 15.7. The molecule has 1 aliphatic rings. The van der Waals surface area contributed by atoms with Gasteiger partial charge in [0.05, 0.1) is 11.5 Å². The molecular formula is C19H21F3N2O3S2. The van der Waals surface area contributed by atoms with Crippen molar-refractivity contribution in [1.29, 1.82) is 0 Å². The summed E-state index contributed by atoms with van der Waals surface area (Å²) in [6.07, 6.45) is -3.37. The Balaban J connectivity index is 1.63. The van der Waals surface area contributed by atoms with Crippen LogP contribution in [0.4, 0.5) is 13.2 Å². The van der Waals surface area contributed by atoms with Crippen molar-refractivity contribution in [2.75, 3.05) is 13.1 Å². The fraction of sp³-hybridized carbons (Fsp3) is 0.421. The van der Waals surface area contributed by atoms with Gasteiger partial charge in [0, 0.05) is 24.5 Å². The number of piperidine rings is 1. The van der Waals surface area contributed by atoms with E-state index in [1.54, 1.807) is 12.1 Å². The summed E-state index contributed by atoms with van der Waals surface area (Å²) in [5, 5.41) is 2.64. The standard InChI is InChI=1S/C19H21F3N2O3S2/c1-13-7-8-17(28-13)29(26,27)24-9-3-5-15(12-24)18(25)23-11-14-4-2-6-16(10-14)19(20,21)22/h2,4,6-8,10,15H,3,5,9,11-12H2,1H3,(H,23,25)/t15-/m0/s1. The Morgan fingerprint density at radius 1 is 1.28 bits per heavy atom. The Morgan fingerprint density at radius 3 is 2.69 bits per heavy atom. The van der Waals surface area contributed by atoms with Crippen LogP contribution in [0.25, 0.3) is 0 Å². The highest BCUT2D eigenvalue weighted by molar-refractivity contribution is 7.91. The van der Waals surface area contributed by atoms with Crippen molar-refractivity contribution in [1.82, 2.24) is 9.62 Å². The van der Waals surface area contributed by atoms with Crippen molar-refractivity contribution in [2.24, 2.45) is 5.92 Å². The molecule has 10 heteroatoms. The van der Waals surface area contributed by atoms with Gasteiger partial charge in [-0.1, -0.05) is 12.1 Å². The van der Waals surface area contributed by atoms with Gasteiger partial charge in [0.15, 0.2) is 0 Å². The summed E-state index contributed by atoms with van der Waals surface area (Å²) in [6.45, 7) is 2.18. The summed E-state index contributed by atoms with van der Waals surface area (Å²) >= 11 is 1.19. The number of sulfonamides is 1. The average Bonchev–Trinajstić information content (AvgIpc) is 3.13. The number of carbonyl (C=O) groups is 1. The largest absolute Gasteiger partial charge is 0.416 e. The first kappa shape index (κ1) is 21.8. The van der Waals surface area contributed by atoms with Gasteiger partial charge in [0.2, 0.25) is 5.91 Å². The van der Waals surface area contributed by atoms with Crippen LogP contribution in [0.3, 0.4) is 0 Å². The number of hydrogen-bond acceptors (Lipinski definition) is 4. The van der Waals surface area contributed by atoms with Gasteiger partial charge in [-0.15, -0.1) is 11.3 Å². The lowest BCUT2D eigenvalue weighted by molar-refractivity contribution is -0.137. The molecule has 1 aromatic carbocycles. The van der Waals surface area contributed by atoms with Gasteiger partial charge in [0.1, 0.15) is 4.21 Å². The number of alkyl halides is 3. The van der Waals surface area contributed by atoms with E-state index in [0.29, 0.717) is 24.9 Å². The van der Waals surface area contributed by atoms with Crippen LogP contribution >= 0.6 is 11.3 Å². The maximum Gasteiger partial charge on any atom is 0.416 e. The predicted molar refractivity (Wildman–Crippen MR) is 104 cm³/mol. The van der Waals surface area contributed by atoms with Crippen molar-refractivity contribution in [3.05, 3.63) is 52.4 Å². The second-order valence-corrected chi connectivity index (χ2v) is 10.4. The normalized spacial score (nSPS) is 18.6. The van der Waals surface area contributed by atoms with Gasteiger partial charge in [-0.05, 0) is 49.6 Å². The van der Waals surface area contributed by atoms with Crippen LogP contribution in [0.5, 0.6) is 0 Å². The van der Waals surface area contributed by atoms with Gasteiger partial charge >= 0.3 is 6.18 Å². The Hall–Kier alpha value is -1.91. The van der Waals surface area contributed by atoms with E-state index in [2.05, 4.69) is 5.32 Å². The van der Waals surface area contributed by atoms with Crippen LogP contribution < -0.4 is 5.32 Å². The van der Waals surface area contributed by atoms with E-state index in [4.69, 9.17) is 0 Å². The van der Waals surface area contributed by atoms with Crippen LogP contribution in [0.2, 0.25) is 0 Å². The lowest BCUT2D eigenvalue weighted by Gasteiger charge is -2.30. The molecule has 0 aliphatic carbocycles. The Bertz CT molecular complexity index is 987. The third-order valence-corrected chi connectivity index (χ3v) is 8.12. The van der Waals surface area contributed by atoms with Gasteiger partial charge in [-0.25, -0.2) is 8.42 Å². The van der Waals surface area contributed by atoms with Crippen molar-refractivity contribution in [2.45, 2.75) is 36.7 Å². The average molecular weight is 447 g/mol. The zero-order chi connectivity index (χ0) is 21.2. The van der Waals surface area contributed by atoms with Crippen LogP contribution in [0.1, 0.15) is 28.8 Å². The molecule has 29 heavy (non-hydrogen) atoms. The smallest absolute Gasteiger partial charge is 0.352 e. The van der Waals surface area contributed by atoms with Crippen LogP contribution in [-0.4, -0.2) is 31.7 Å². The fourth-order valence-electron chi connectivity index (χ4n) is 3.24. The maximum absolute atomic E-state index is 12.8. The second-order valence-electron chi connectivity index (χ2n) is 6.98. The monoisotopic (exact) mass is 446 g/mol. The summed E-state index contributed by atoms with van der Waals surface area (Å²) < 4.78 is 65.5. The highest BCUT2D eigenvalue weighted by atomic mass is 32.2. The number of carbonyl (C=O) groups excluding carboxylic acids is 1. The van der Waals surface area contributed by atoms with E-state index in [0.717, 1.165) is 17.0 Å². The minimum Gasteiger partial charge on any atom is -0.352 e. The van der Waals surface area contributed by atoms with E-state index in [9.17, 15) is 26.4 Å². The third-order valence-electron chi connectivity index (χ3n) is 4.79. The number of nitrogens with one attached hydrogen (secondary N) is 1. The number of amides is 1. The van der Waals surface area contributed by atoms with Gasteiger partial charge in [-0.2, -0.15) is 17.5 Å². The number of thiophene rings is 1. The molecule has 5 nitrogen and oxygen atoms in total. The molecule has 0 radical (unpaired) electrons. The zero-order valence-corrected chi connectivity index (χ0v) is 17.3. The molecule has 1 amide bonds. The first-order valence-corrected chi connectivity index (χ1v) is 11.3. The lowest BCUT2D eigenvalue weighted by Crippen LogP contribution is -2.45. The Morgan fingerprint density at radius 2 is 2.03 bits per heavy atom. The van der Waals surface area contributed by atoms with Gasteiger partial charge in [-0.3, -0.25) is 4.79 Å². The maximum atomic E-state index is 12.8. The van der Waals surface area contributed by atoms with Crippen LogP contribution in [-0.2, 0) is 27.5 Å². The molecule has 1 aliphatic heterocycles. The number of aryl methyl sites for hydroxylation is 1. The molecule has 1 N–H and O–H groups in total. The number of benzene rings is 1. The van der Waals surface area contributed by atoms with E-state index in [1.807, 2.05) is 6.92 Å². The summed E-state index contributed by atoms with van der Waals surface area (Å²) in [4.78, 5) is 13.4. The quantitative estimate of drug-likeness (QED) is 0.760. The minimum absolute atomic E-state index is 0.0455. The molecule has 0 bridgehead atoms. The van der Waals surface area contributed by atoms with Crippen molar-refractivity contribution in [3.63, 3.8) is 0 Å². The minimum atomic E-state index is -4.45. The molecular weight excluding hydrogens is 425 g/mol. The van der Waals surface area contributed by atoms with Crippen molar-refractivity contribution >= 4 is 27.3 Å². The molecule has 1 atom stereocenters. The third kappa shape index (κ3) is 5.18. The summed E-state index contributed by atoms with van der Waals surface area (Å²) in [5.74, 6) is -0.893. The lowest BCUT2D eigenvalue weighted by atomic mass is 9.98. The molecule has 2 aromatic rings. The molecule has 158 valence electrons. The number of halogens is 3. The SMILES string of the molecule is Cc1ccc(S(=O)(=O)N2CCC[C@H](C(=O)NCc3cccc(C(F)(F)F)c3)C2)s1. The molecule has 0 saturated carbocycles. The molecule has 1 aromatic heterocycles. The summed E-state index contributed by atoms with van der Waals surface area (Å²) in [5.41, 5.74) is -0.437. The summed E-state index contributed by atoms with van der Waals surface area (Å²) in [7, 11) is -3.65. The molecule has 0 unspecified atom stereocenters.